The maximum absolute atomic E-state index is 12.7. The molecule has 3 aromatic rings. The summed E-state index contributed by atoms with van der Waals surface area (Å²) in [5.74, 6) is 1.75. The van der Waals surface area contributed by atoms with Crippen LogP contribution in [0.4, 0.5) is 4.79 Å². The first-order valence-electron chi connectivity index (χ1n) is 10.6. The Kier molecular flexibility index (Phi) is 5.23. The van der Waals surface area contributed by atoms with Crippen LogP contribution < -0.4 is 5.32 Å². The third-order valence-electron chi connectivity index (χ3n) is 5.88. The van der Waals surface area contributed by atoms with E-state index in [4.69, 9.17) is 4.74 Å². The Hall–Kier alpha value is -3.13. The molecule has 2 fully saturated rings. The number of carbonyl (C=O) groups excluding carboxylic acids is 1. The lowest BCUT2D eigenvalue weighted by Crippen LogP contribution is -2.31. The summed E-state index contributed by atoms with van der Waals surface area (Å²) in [6.45, 7) is 1.99. The van der Waals surface area contributed by atoms with Crippen molar-refractivity contribution in [2.75, 3.05) is 13.1 Å². The summed E-state index contributed by atoms with van der Waals surface area (Å²) in [4.78, 5) is 30.3. The maximum Gasteiger partial charge on any atom is 0.410 e. The van der Waals surface area contributed by atoms with Gasteiger partial charge in [0.15, 0.2) is 0 Å². The lowest BCUT2D eigenvalue weighted by Gasteiger charge is -2.22. The number of aromatic amines is 2. The van der Waals surface area contributed by atoms with Crippen molar-refractivity contribution < 1.29 is 9.53 Å². The highest BCUT2D eigenvalue weighted by Crippen LogP contribution is 2.32. The number of nitrogens with zero attached hydrogens (tertiary/aromatic N) is 3. The van der Waals surface area contributed by atoms with Crippen molar-refractivity contribution in [1.82, 2.24) is 30.2 Å². The Balaban J connectivity index is 1.26. The molecular weight excluding hydrogens is 380 g/mol. The second kappa shape index (κ2) is 8.31. The standard InChI is InChI=1S/C22H26N6O2/c29-22(30-14-15-6-2-1-3-7-15)28-11-5-9-19(28)21-25-13-18(27-21)17-12-24-20(26-17)16-8-4-10-23-16/h1-3,6-7,12-13,16,19,23H,4-5,8-11,14H2,(H,24,26)(H,25,27)/t16-,19-/m0/s1. The second-order valence-corrected chi connectivity index (χ2v) is 7.90. The van der Waals surface area contributed by atoms with Gasteiger partial charge in [-0.15, -0.1) is 0 Å². The monoisotopic (exact) mass is 406 g/mol. The molecule has 0 spiro atoms. The van der Waals surface area contributed by atoms with Crippen LogP contribution in [-0.2, 0) is 11.3 Å². The van der Waals surface area contributed by atoms with Crippen molar-refractivity contribution >= 4 is 6.09 Å². The van der Waals surface area contributed by atoms with E-state index >= 15 is 0 Å². The molecular formula is C22H26N6O2. The number of likely N-dealkylation sites (tertiary alicyclic amines) is 1. The van der Waals surface area contributed by atoms with Crippen LogP contribution in [0.5, 0.6) is 0 Å². The van der Waals surface area contributed by atoms with Crippen LogP contribution in [0, 0.1) is 0 Å². The van der Waals surface area contributed by atoms with Gasteiger partial charge in [0.05, 0.1) is 35.9 Å². The first-order valence-corrected chi connectivity index (χ1v) is 10.6. The Bertz CT molecular complexity index is 992. The molecule has 0 aliphatic carbocycles. The summed E-state index contributed by atoms with van der Waals surface area (Å²) in [7, 11) is 0. The van der Waals surface area contributed by atoms with Gasteiger partial charge in [-0.25, -0.2) is 14.8 Å². The summed E-state index contributed by atoms with van der Waals surface area (Å²) in [5, 5.41) is 3.45. The normalized spacial score (nSPS) is 21.3. The molecule has 0 radical (unpaired) electrons. The number of amides is 1. The van der Waals surface area contributed by atoms with Gasteiger partial charge in [-0.2, -0.15) is 0 Å². The molecule has 2 saturated heterocycles. The van der Waals surface area contributed by atoms with Gasteiger partial charge < -0.3 is 20.0 Å². The predicted octanol–water partition coefficient (Wildman–Crippen LogP) is 3.70. The number of aromatic nitrogens is 4. The molecule has 3 N–H and O–H groups in total. The van der Waals surface area contributed by atoms with Gasteiger partial charge in [-0.1, -0.05) is 30.3 Å². The highest BCUT2D eigenvalue weighted by molar-refractivity contribution is 5.68. The minimum Gasteiger partial charge on any atom is -0.445 e. The van der Waals surface area contributed by atoms with Crippen molar-refractivity contribution in [3.63, 3.8) is 0 Å². The quantitative estimate of drug-likeness (QED) is 0.600. The number of rotatable bonds is 5. The van der Waals surface area contributed by atoms with Gasteiger partial charge in [-0.3, -0.25) is 4.90 Å². The number of benzene rings is 1. The molecule has 8 heteroatoms. The van der Waals surface area contributed by atoms with Gasteiger partial charge >= 0.3 is 6.09 Å². The third-order valence-corrected chi connectivity index (χ3v) is 5.88. The fourth-order valence-corrected chi connectivity index (χ4v) is 4.28. The lowest BCUT2D eigenvalue weighted by molar-refractivity contribution is 0.0910. The summed E-state index contributed by atoms with van der Waals surface area (Å²) in [6, 6.07) is 9.93. The molecule has 0 unspecified atom stereocenters. The summed E-state index contributed by atoms with van der Waals surface area (Å²) < 4.78 is 5.54. The predicted molar refractivity (Wildman–Crippen MR) is 111 cm³/mol. The molecule has 1 aromatic carbocycles. The van der Waals surface area contributed by atoms with Gasteiger partial charge in [0, 0.05) is 6.54 Å². The highest BCUT2D eigenvalue weighted by Gasteiger charge is 2.33. The van der Waals surface area contributed by atoms with Crippen molar-refractivity contribution in [3.05, 3.63) is 59.9 Å². The summed E-state index contributed by atoms with van der Waals surface area (Å²) >= 11 is 0. The van der Waals surface area contributed by atoms with E-state index in [1.807, 2.05) is 36.5 Å². The topological polar surface area (TPSA) is 98.9 Å². The van der Waals surface area contributed by atoms with Gasteiger partial charge in [-0.05, 0) is 37.8 Å². The van der Waals surface area contributed by atoms with Crippen LogP contribution in [0.1, 0.15) is 55.0 Å². The highest BCUT2D eigenvalue weighted by atomic mass is 16.6. The molecule has 1 amide bonds. The van der Waals surface area contributed by atoms with E-state index in [9.17, 15) is 4.79 Å². The average Bonchev–Trinajstić information content (AvgIpc) is 3.57. The Morgan fingerprint density at radius 3 is 2.57 bits per heavy atom. The molecule has 156 valence electrons. The Morgan fingerprint density at radius 1 is 1.03 bits per heavy atom. The molecule has 4 heterocycles. The average molecular weight is 406 g/mol. The van der Waals surface area contributed by atoms with Crippen LogP contribution in [-0.4, -0.2) is 44.0 Å². The molecule has 0 bridgehead atoms. The molecule has 2 aliphatic heterocycles. The molecule has 5 rings (SSSR count). The minimum atomic E-state index is -0.296. The van der Waals surface area contributed by atoms with E-state index < -0.39 is 0 Å². The first-order chi connectivity index (χ1) is 14.8. The van der Waals surface area contributed by atoms with Crippen LogP contribution >= 0.6 is 0 Å². The van der Waals surface area contributed by atoms with E-state index in [-0.39, 0.29) is 18.7 Å². The van der Waals surface area contributed by atoms with Crippen LogP contribution in [0.15, 0.2) is 42.7 Å². The van der Waals surface area contributed by atoms with Gasteiger partial charge in [0.2, 0.25) is 0 Å². The van der Waals surface area contributed by atoms with E-state index in [1.165, 1.54) is 6.42 Å². The van der Waals surface area contributed by atoms with Gasteiger partial charge in [0.1, 0.15) is 18.3 Å². The van der Waals surface area contributed by atoms with Crippen molar-refractivity contribution in [2.45, 2.75) is 44.4 Å². The Morgan fingerprint density at radius 2 is 1.80 bits per heavy atom. The van der Waals surface area contributed by atoms with E-state index in [0.717, 1.165) is 54.4 Å². The number of H-pyrrole nitrogens is 2. The summed E-state index contributed by atoms with van der Waals surface area (Å²) in [5.41, 5.74) is 2.77. The number of ether oxygens (including phenoxy) is 1. The molecule has 2 atom stereocenters. The fourth-order valence-electron chi connectivity index (χ4n) is 4.28. The zero-order chi connectivity index (χ0) is 20.3. The maximum atomic E-state index is 12.7. The zero-order valence-corrected chi connectivity index (χ0v) is 16.8. The van der Waals surface area contributed by atoms with Crippen LogP contribution in [0.3, 0.4) is 0 Å². The van der Waals surface area contributed by atoms with Crippen molar-refractivity contribution in [3.8, 4) is 11.4 Å². The lowest BCUT2D eigenvalue weighted by atomic mass is 10.2. The number of nitrogens with one attached hydrogen (secondary N) is 3. The van der Waals surface area contributed by atoms with E-state index in [1.54, 1.807) is 11.1 Å². The zero-order valence-electron chi connectivity index (χ0n) is 16.8. The van der Waals surface area contributed by atoms with E-state index in [0.29, 0.717) is 12.6 Å². The second-order valence-electron chi connectivity index (χ2n) is 7.90. The SMILES string of the molecule is O=C(OCc1ccccc1)N1CCC[C@H]1c1ncc(-c2cnc([C@@H]3CCCN3)[nH]2)[nH]1. The fraction of sp³-hybridized carbons (Fsp3) is 0.409. The first kappa shape index (κ1) is 18.9. The molecule has 8 nitrogen and oxygen atoms in total. The molecule has 30 heavy (non-hydrogen) atoms. The third kappa shape index (κ3) is 3.82. The largest absolute Gasteiger partial charge is 0.445 e. The number of carbonyl (C=O) groups is 1. The van der Waals surface area contributed by atoms with Crippen LogP contribution in [0.2, 0.25) is 0 Å². The molecule has 2 aliphatic rings. The van der Waals surface area contributed by atoms with Crippen LogP contribution in [0.25, 0.3) is 11.4 Å². The van der Waals surface area contributed by atoms with Crippen molar-refractivity contribution in [1.29, 1.82) is 0 Å². The van der Waals surface area contributed by atoms with Gasteiger partial charge in [0.25, 0.3) is 0 Å². The van der Waals surface area contributed by atoms with E-state index in [2.05, 4.69) is 25.3 Å². The number of hydrogen-bond acceptors (Lipinski definition) is 5. The molecule has 0 saturated carbocycles. The smallest absolute Gasteiger partial charge is 0.410 e. The minimum absolute atomic E-state index is 0.0964. The number of imidazole rings is 2. The Labute approximate surface area is 175 Å². The summed E-state index contributed by atoms with van der Waals surface area (Å²) in [6.07, 6.45) is 7.43. The molecule has 2 aromatic heterocycles. The number of hydrogen-bond donors (Lipinski definition) is 3. The van der Waals surface area contributed by atoms with Crippen molar-refractivity contribution in [2.24, 2.45) is 0 Å².